The van der Waals surface area contributed by atoms with E-state index in [2.05, 4.69) is 10.3 Å². The number of ether oxygens (including phenoxy) is 2. The fourth-order valence-electron chi connectivity index (χ4n) is 3.79. The number of aromatic nitrogens is 2. The van der Waals surface area contributed by atoms with Crippen LogP contribution in [0.3, 0.4) is 0 Å². The highest BCUT2D eigenvalue weighted by molar-refractivity contribution is 6.01. The third-order valence-corrected chi connectivity index (χ3v) is 5.31. The monoisotopic (exact) mass is 444 g/mol. The number of amides is 1. The zero-order chi connectivity index (χ0) is 23.4. The van der Waals surface area contributed by atoms with E-state index in [1.165, 1.54) is 10.5 Å². The lowest BCUT2D eigenvalue weighted by atomic mass is 10.1. The van der Waals surface area contributed by atoms with E-state index in [0.717, 1.165) is 24.0 Å². The molecule has 0 radical (unpaired) electrons. The Morgan fingerprint density at radius 3 is 2.82 bits per heavy atom. The minimum atomic E-state index is -0.581. The van der Waals surface area contributed by atoms with Crippen LogP contribution >= 0.6 is 0 Å². The van der Waals surface area contributed by atoms with Crippen LogP contribution in [0.5, 0.6) is 11.6 Å². The second-order valence-corrected chi connectivity index (χ2v) is 8.00. The van der Waals surface area contributed by atoms with Crippen molar-refractivity contribution < 1.29 is 14.3 Å². The van der Waals surface area contributed by atoms with Gasteiger partial charge in [0.2, 0.25) is 5.88 Å². The molecular weight excluding hydrogens is 420 g/mol. The summed E-state index contributed by atoms with van der Waals surface area (Å²) in [6.07, 6.45) is 4.55. The third-order valence-electron chi connectivity index (χ3n) is 5.31. The number of hydrogen-bond donors (Lipinski definition) is 1. The highest BCUT2D eigenvalue weighted by atomic mass is 16.5. The largest absolute Gasteiger partial charge is 0.438 e. The summed E-state index contributed by atoms with van der Waals surface area (Å²) in [5.74, 6) is -0.0468. The molecule has 168 valence electrons. The Labute approximate surface area is 191 Å². The molecule has 3 aromatic rings. The Kier molecular flexibility index (Phi) is 6.52. The molecule has 1 aliphatic heterocycles. The Balaban J connectivity index is 1.74. The van der Waals surface area contributed by atoms with Gasteiger partial charge in [0.25, 0.3) is 11.5 Å². The topological polar surface area (TPSA) is 106 Å². The molecule has 1 atom stereocenters. The van der Waals surface area contributed by atoms with E-state index < -0.39 is 11.5 Å². The number of nitrogens with zero attached hydrogens (tertiary/aromatic N) is 3. The SMILES string of the molecule is Cc1cc(C)cc(Oc2nc3ccccn3c(=O)c2C=C(C#N)C(=O)NCC2CCCO2)c1. The first-order chi connectivity index (χ1) is 15.9. The fraction of sp³-hybridized carbons (Fsp3) is 0.280. The quantitative estimate of drug-likeness (QED) is 0.462. The van der Waals surface area contributed by atoms with Gasteiger partial charge in [0, 0.05) is 19.3 Å². The van der Waals surface area contributed by atoms with Crippen LogP contribution in [0.15, 0.2) is 53.0 Å². The van der Waals surface area contributed by atoms with E-state index in [-0.39, 0.29) is 23.1 Å². The molecule has 1 N–H and O–H groups in total. The average molecular weight is 444 g/mol. The molecule has 8 heteroatoms. The summed E-state index contributed by atoms with van der Waals surface area (Å²) in [6, 6.07) is 12.7. The number of hydrogen-bond acceptors (Lipinski definition) is 6. The molecule has 0 aliphatic carbocycles. The second-order valence-electron chi connectivity index (χ2n) is 8.00. The number of fused-ring (bicyclic) bond motifs is 1. The van der Waals surface area contributed by atoms with Crippen molar-refractivity contribution in [2.75, 3.05) is 13.2 Å². The maximum Gasteiger partial charge on any atom is 0.269 e. The number of pyridine rings is 1. The van der Waals surface area contributed by atoms with Crippen molar-refractivity contribution >= 4 is 17.6 Å². The van der Waals surface area contributed by atoms with Crippen molar-refractivity contribution in [3.63, 3.8) is 0 Å². The van der Waals surface area contributed by atoms with Crippen LogP contribution in [0.25, 0.3) is 11.7 Å². The van der Waals surface area contributed by atoms with E-state index in [9.17, 15) is 14.9 Å². The Morgan fingerprint density at radius 1 is 1.33 bits per heavy atom. The lowest BCUT2D eigenvalue weighted by molar-refractivity contribution is -0.117. The summed E-state index contributed by atoms with van der Waals surface area (Å²) < 4.78 is 12.8. The van der Waals surface area contributed by atoms with Gasteiger partial charge in [-0.3, -0.25) is 14.0 Å². The highest BCUT2D eigenvalue weighted by Gasteiger charge is 2.20. The van der Waals surface area contributed by atoms with Gasteiger partial charge >= 0.3 is 0 Å². The molecule has 1 amide bonds. The maximum absolute atomic E-state index is 13.3. The van der Waals surface area contributed by atoms with Crippen LogP contribution in [0.1, 0.15) is 29.5 Å². The number of nitriles is 1. The van der Waals surface area contributed by atoms with Crippen molar-refractivity contribution in [2.45, 2.75) is 32.8 Å². The molecule has 1 unspecified atom stereocenters. The van der Waals surface area contributed by atoms with Crippen molar-refractivity contribution in [1.82, 2.24) is 14.7 Å². The normalized spacial score (nSPS) is 15.9. The zero-order valence-electron chi connectivity index (χ0n) is 18.5. The van der Waals surface area contributed by atoms with Crippen LogP contribution in [0.2, 0.25) is 0 Å². The maximum atomic E-state index is 13.3. The van der Waals surface area contributed by atoms with E-state index in [0.29, 0.717) is 24.5 Å². The zero-order valence-corrected chi connectivity index (χ0v) is 18.5. The van der Waals surface area contributed by atoms with Gasteiger partial charge < -0.3 is 14.8 Å². The van der Waals surface area contributed by atoms with Gasteiger partial charge in [0.05, 0.1) is 6.10 Å². The van der Waals surface area contributed by atoms with Crippen LogP contribution in [-0.2, 0) is 9.53 Å². The van der Waals surface area contributed by atoms with Crippen LogP contribution < -0.4 is 15.6 Å². The Morgan fingerprint density at radius 2 is 2.12 bits per heavy atom. The van der Waals surface area contributed by atoms with Crippen molar-refractivity contribution in [3.05, 3.63) is 75.2 Å². The lowest BCUT2D eigenvalue weighted by Gasteiger charge is -2.12. The molecular formula is C25H24N4O4. The summed E-state index contributed by atoms with van der Waals surface area (Å²) in [4.78, 5) is 30.4. The molecule has 0 bridgehead atoms. The number of carbonyl (C=O) groups excluding carboxylic acids is 1. The van der Waals surface area contributed by atoms with E-state index in [1.54, 1.807) is 24.4 Å². The van der Waals surface area contributed by atoms with E-state index in [4.69, 9.17) is 9.47 Å². The summed E-state index contributed by atoms with van der Waals surface area (Å²) in [5, 5.41) is 12.3. The van der Waals surface area contributed by atoms with Gasteiger partial charge in [-0.1, -0.05) is 12.1 Å². The number of aryl methyl sites for hydroxylation is 2. The lowest BCUT2D eigenvalue weighted by Crippen LogP contribution is -2.32. The van der Waals surface area contributed by atoms with Crippen molar-refractivity contribution in [1.29, 1.82) is 5.26 Å². The van der Waals surface area contributed by atoms with Gasteiger partial charge in [0.1, 0.15) is 28.6 Å². The average Bonchev–Trinajstić information content (AvgIpc) is 3.30. The predicted octanol–water partition coefficient (Wildman–Crippen LogP) is 3.31. The highest BCUT2D eigenvalue weighted by Crippen LogP contribution is 2.26. The first-order valence-corrected chi connectivity index (χ1v) is 10.7. The Bertz CT molecular complexity index is 1310. The van der Waals surface area contributed by atoms with Crippen LogP contribution in [0.4, 0.5) is 0 Å². The number of carbonyl (C=O) groups is 1. The smallest absolute Gasteiger partial charge is 0.269 e. The molecule has 4 rings (SSSR count). The first-order valence-electron chi connectivity index (χ1n) is 10.7. The number of rotatable bonds is 6. The van der Waals surface area contributed by atoms with Crippen LogP contribution in [0, 0.1) is 25.2 Å². The molecule has 1 aromatic carbocycles. The molecule has 3 heterocycles. The fourth-order valence-corrected chi connectivity index (χ4v) is 3.79. The third kappa shape index (κ3) is 5.10. The standard InChI is InChI=1S/C25H24N4O4/c1-16-10-17(2)12-20(11-16)33-24-21(25(31)29-8-4-3-7-22(29)28-24)13-18(14-26)23(30)27-15-19-6-5-9-32-19/h3-4,7-8,10-13,19H,5-6,9,15H2,1-2H3,(H,27,30). The molecule has 1 saturated heterocycles. The van der Waals surface area contributed by atoms with E-state index >= 15 is 0 Å². The molecule has 0 saturated carbocycles. The van der Waals surface area contributed by atoms with Gasteiger partial charge in [-0.2, -0.15) is 10.2 Å². The summed E-state index contributed by atoms with van der Waals surface area (Å²) in [6.45, 7) is 4.85. The van der Waals surface area contributed by atoms with Crippen molar-refractivity contribution in [3.8, 4) is 17.7 Å². The van der Waals surface area contributed by atoms with Gasteiger partial charge in [-0.25, -0.2) is 0 Å². The summed E-state index contributed by atoms with van der Waals surface area (Å²) in [7, 11) is 0. The molecule has 33 heavy (non-hydrogen) atoms. The van der Waals surface area contributed by atoms with E-state index in [1.807, 2.05) is 38.1 Å². The van der Waals surface area contributed by atoms with Gasteiger partial charge in [0.15, 0.2) is 0 Å². The molecule has 1 fully saturated rings. The number of benzene rings is 1. The minimum absolute atomic E-state index is 0.0154. The van der Waals surface area contributed by atoms with Gasteiger partial charge in [-0.05, 0) is 68.2 Å². The van der Waals surface area contributed by atoms with Crippen LogP contribution in [-0.4, -0.2) is 34.5 Å². The van der Waals surface area contributed by atoms with Crippen molar-refractivity contribution in [2.24, 2.45) is 0 Å². The minimum Gasteiger partial charge on any atom is -0.438 e. The first kappa shape index (κ1) is 22.2. The predicted molar refractivity (Wildman–Crippen MR) is 123 cm³/mol. The molecule has 0 spiro atoms. The van der Waals surface area contributed by atoms with Gasteiger partial charge in [-0.15, -0.1) is 0 Å². The summed E-state index contributed by atoms with van der Waals surface area (Å²) in [5.41, 5.74) is 1.73. The number of nitrogens with one attached hydrogen (secondary N) is 1. The Hall–Kier alpha value is -3.96. The molecule has 8 nitrogen and oxygen atoms in total. The molecule has 2 aromatic heterocycles. The molecule has 1 aliphatic rings. The summed E-state index contributed by atoms with van der Waals surface area (Å²) >= 11 is 0. The second kappa shape index (κ2) is 9.67.